The number of amides is 1. The van der Waals surface area contributed by atoms with Crippen molar-refractivity contribution in [3.8, 4) is 0 Å². The third-order valence-corrected chi connectivity index (χ3v) is 9.45. The van der Waals surface area contributed by atoms with E-state index >= 15 is 0 Å². The molecule has 0 spiro atoms. The van der Waals surface area contributed by atoms with Gasteiger partial charge in [-0.05, 0) is 56.4 Å². The number of carboxylic acid groups (broad SMARTS) is 1. The fourth-order valence-electron chi connectivity index (χ4n) is 4.32. The van der Waals surface area contributed by atoms with Gasteiger partial charge in [-0.1, -0.05) is 36.4 Å². The number of halogens is 6. The summed E-state index contributed by atoms with van der Waals surface area (Å²) < 4.78 is 96.3. The lowest BCUT2D eigenvalue weighted by atomic mass is 9.85. The zero-order valence-corrected chi connectivity index (χ0v) is 22.5. The summed E-state index contributed by atoms with van der Waals surface area (Å²) in [4.78, 5) is 23.0. The van der Waals surface area contributed by atoms with Crippen LogP contribution in [0.5, 0.6) is 0 Å². The van der Waals surface area contributed by atoms with Gasteiger partial charge in [0.1, 0.15) is 0 Å². The highest BCUT2D eigenvalue weighted by atomic mass is 32.2. The fourth-order valence-corrected chi connectivity index (χ4v) is 6.14. The number of carbonyl (C=O) groups excluding carboxylic acids is 1. The second kappa shape index (κ2) is 12.6. The second-order valence-electron chi connectivity index (χ2n) is 9.81. The summed E-state index contributed by atoms with van der Waals surface area (Å²) in [6, 6.07) is 12.8. The number of sulfone groups is 1. The van der Waals surface area contributed by atoms with E-state index < -0.39 is 44.5 Å². The van der Waals surface area contributed by atoms with E-state index in [4.69, 9.17) is 15.6 Å². The van der Waals surface area contributed by atoms with Crippen LogP contribution in [0.3, 0.4) is 0 Å². The van der Waals surface area contributed by atoms with Gasteiger partial charge in [-0.2, -0.15) is 26.3 Å². The van der Waals surface area contributed by atoms with Crippen LogP contribution in [0.15, 0.2) is 59.5 Å². The molecule has 2 aromatic rings. The van der Waals surface area contributed by atoms with E-state index in [9.17, 15) is 39.6 Å². The predicted octanol–water partition coefficient (Wildman–Crippen LogP) is 5.22. The van der Waals surface area contributed by atoms with Crippen LogP contribution in [0.2, 0.25) is 0 Å². The number of nitrogens with zero attached hydrogens (tertiary/aromatic N) is 1. The average Bonchev–Trinajstić information content (AvgIpc) is 2.88. The number of benzene rings is 2. The molecule has 1 amide bonds. The third-order valence-electron chi connectivity index (χ3n) is 6.86. The number of carbonyl (C=O) groups is 2. The van der Waals surface area contributed by atoms with Gasteiger partial charge < -0.3 is 15.7 Å². The van der Waals surface area contributed by atoms with Crippen molar-refractivity contribution in [2.24, 2.45) is 11.7 Å². The Hall–Kier alpha value is -3.13. The van der Waals surface area contributed by atoms with Crippen LogP contribution in [0.4, 0.5) is 26.3 Å². The Morgan fingerprint density at radius 1 is 0.975 bits per heavy atom. The van der Waals surface area contributed by atoms with Crippen molar-refractivity contribution in [1.29, 1.82) is 0 Å². The lowest BCUT2D eigenvalue weighted by Gasteiger charge is -2.40. The molecule has 1 atom stereocenters. The first-order chi connectivity index (χ1) is 18.3. The monoisotopic (exact) mass is 596 g/mol. The first-order valence-corrected chi connectivity index (χ1v) is 13.6. The zero-order valence-electron chi connectivity index (χ0n) is 21.7. The van der Waals surface area contributed by atoms with Crippen molar-refractivity contribution in [2.75, 3.05) is 13.1 Å². The maximum Gasteiger partial charge on any atom is 0.490 e. The minimum Gasteiger partial charge on any atom is -0.475 e. The number of aliphatic carboxylic acids is 1. The van der Waals surface area contributed by atoms with E-state index in [1.807, 2.05) is 30.3 Å². The number of piperidine rings is 1. The number of hydrogen-bond donors (Lipinski definition) is 2. The summed E-state index contributed by atoms with van der Waals surface area (Å²) in [5, 5.41) is 7.12. The molecule has 3 N–H and O–H groups in total. The summed E-state index contributed by atoms with van der Waals surface area (Å²) in [6.45, 7) is 3.87. The minimum atomic E-state index is -5.08. The van der Waals surface area contributed by atoms with Crippen LogP contribution in [-0.2, 0) is 25.6 Å². The van der Waals surface area contributed by atoms with Crippen molar-refractivity contribution in [3.05, 3.63) is 65.7 Å². The summed E-state index contributed by atoms with van der Waals surface area (Å²) in [5.41, 5.74) is 6.03. The van der Waals surface area contributed by atoms with Gasteiger partial charge in [-0.15, -0.1) is 0 Å². The molecular formula is C26H30F6N2O5S. The molecule has 7 nitrogen and oxygen atoms in total. The molecule has 1 saturated heterocycles. The molecule has 2 aromatic carbocycles. The molecule has 1 aliphatic rings. The predicted molar refractivity (Wildman–Crippen MR) is 134 cm³/mol. The van der Waals surface area contributed by atoms with E-state index in [2.05, 4.69) is 0 Å². The third kappa shape index (κ3) is 8.19. The zero-order chi connectivity index (χ0) is 30.5. The molecule has 0 aliphatic carbocycles. The summed E-state index contributed by atoms with van der Waals surface area (Å²) in [6.07, 6.45) is -8.67. The number of rotatable bonds is 6. The first kappa shape index (κ1) is 33.1. The van der Waals surface area contributed by atoms with Crippen LogP contribution in [0.1, 0.15) is 50.3 Å². The fraction of sp³-hybridized carbons (Fsp3) is 0.462. The van der Waals surface area contributed by atoms with Crippen LogP contribution < -0.4 is 5.73 Å². The SMILES string of the molecule is CC(C)(C1CCN(C(=O)C[C@@H](N)c2ccccc2)CC1)S(=O)(=O)c1cccc(C(F)(F)F)c1.O=C(O)C(F)(F)F. The lowest BCUT2D eigenvalue weighted by Crippen LogP contribution is -2.48. The highest BCUT2D eigenvalue weighted by Crippen LogP contribution is 2.39. The van der Waals surface area contributed by atoms with Crippen molar-refractivity contribution in [3.63, 3.8) is 0 Å². The smallest absolute Gasteiger partial charge is 0.475 e. The highest BCUT2D eigenvalue weighted by Gasteiger charge is 2.45. The average molecular weight is 597 g/mol. The molecule has 0 aromatic heterocycles. The largest absolute Gasteiger partial charge is 0.490 e. The Kier molecular flexibility index (Phi) is 10.4. The van der Waals surface area contributed by atoms with Gasteiger partial charge in [0.05, 0.1) is 15.2 Å². The molecule has 1 fully saturated rings. The number of nitrogens with two attached hydrogens (primary N) is 1. The van der Waals surface area contributed by atoms with Crippen LogP contribution in [0, 0.1) is 5.92 Å². The van der Waals surface area contributed by atoms with Crippen LogP contribution in [-0.4, -0.2) is 54.3 Å². The molecule has 40 heavy (non-hydrogen) atoms. The topological polar surface area (TPSA) is 118 Å². The molecule has 0 unspecified atom stereocenters. The number of carboxylic acids is 1. The maximum absolute atomic E-state index is 13.3. The lowest BCUT2D eigenvalue weighted by molar-refractivity contribution is -0.192. The van der Waals surface area contributed by atoms with E-state index in [0.29, 0.717) is 32.0 Å². The Labute approximate surface area is 227 Å². The molecule has 0 bridgehead atoms. The van der Waals surface area contributed by atoms with Gasteiger partial charge in [0.2, 0.25) is 5.91 Å². The second-order valence-corrected chi connectivity index (χ2v) is 12.3. The summed E-state index contributed by atoms with van der Waals surface area (Å²) >= 11 is 0. The number of alkyl halides is 6. The Morgan fingerprint density at radius 3 is 1.98 bits per heavy atom. The first-order valence-electron chi connectivity index (χ1n) is 12.1. The Bertz CT molecular complexity index is 1270. The number of likely N-dealkylation sites (tertiary alicyclic amines) is 1. The van der Waals surface area contributed by atoms with Gasteiger partial charge in [0.15, 0.2) is 9.84 Å². The minimum absolute atomic E-state index is 0.0941. The molecule has 0 radical (unpaired) electrons. The Morgan fingerprint density at radius 2 is 1.50 bits per heavy atom. The van der Waals surface area contributed by atoms with Gasteiger partial charge in [-0.3, -0.25) is 4.79 Å². The highest BCUT2D eigenvalue weighted by molar-refractivity contribution is 7.92. The quantitative estimate of drug-likeness (QED) is 0.442. The van der Waals surface area contributed by atoms with Crippen molar-refractivity contribution in [2.45, 2.75) is 61.1 Å². The van der Waals surface area contributed by atoms with E-state index in [1.54, 1.807) is 18.7 Å². The van der Waals surface area contributed by atoms with E-state index in [1.165, 1.54) is 6.07 Å². The van der Waals surface area contributed by atoms with E-state index in [-0.39, 0.29) is 23.1 Å². The van der Waals surface area contributed by atoms with Gasteiger partial charge in [0.25, 0.3) is 0 Å². The molecule has 1 heterocycles. The van der Waals surface area contributed by atoms with Gasteiger partial charge in [-0.25, -0.2) is 13.2 Å². The standard InChI is InChI=1S/C24H29F3N2O3S.C2HF3O2/c1-23(2,33(31,32)20-10-6-9-19(15-20)24(25,26)27)18-11-13-29(14-12-18)22(30)16-21(28)17-7-4-3-5-8-17;3-2(4,5)1(6)7/h3-10,15,18,21H,11-14,16,28H2,1-2H3;(H,6,7)/t21-;/m1./s1. The summed E-state index contributed by atoms with van der Waals surface area (Å²) in [5.74, 6) is -3.15. The summed E-state index contributed by atoms with van der Waals surface area (Å²) in [7, 11) is -4.04. The molecule has 14 heteroatoms. The van der Waals surface area contributed by atoms with Crippen molar-refractivity contribution >= 4 is 21.7 Å². The molecule has 1 aliphatic heterocycles. The van der Waals surface area contributed by atoms with Crippen LogP contribution in [0.25, 0.3) is 0 Å². The normalized spacial score (nSPS) is 16.1. The molecule has 3 rings (SSSR count). The molecule has 222 valence electrons. The van der Waals surface area contributed by atoms with Gasteiger partial charge in [0, 0.05) is 25.6 Å². The van der Waals surface area contributed by atoms with Gasteiger partial charge >= 0.3 is 18.3 Å². The van der Waals surface area contributed by atoms with Crippen molar-refractivity contribution in [1.82, 2.24) is 4.90 Å². The Balaban J connectivity index is 0.000000708. The molecular weight excluding hydrogens is 566 g/mol. The molecule has 0 saturated carbocycles. The maximum atomic E-state index is 13.3. The number of hydrogen-bond acceptors (Lipinski definition) is 5. The van der Waals surface area contributed by atoms with E-state index in [0.717, 1.165) is 17.7 Å². The van der Waals surface area contributed by atoms with Crippen LogP contribution >= 0.6 is 0 Å². The van der Waals surface area contributed by atoms with Crippen molar-refractivity contribution < 1.29 is 49.5 Å².